The van der Waals surface area contributed by atoms with Gasteiger partial charge in [0.2, 0.25) is 10.0 Å². The van der Waals surface area contributed by atoms with Crippen molar-refractivity contribution < 1.29 is 23.1 Å². The lowest BCUT2D eigenvalue weighted by Gasteiger charge is -2.15. The topological polar surface area (TPSA) is 119 Å². The molecule has 1 rings (SSSR count). The third kappa shape index (κ3) is 4.19. The minimum atomic E-state index is -3.95. The Morgan fingerprint density at radius 2 is 2.15 bits per heavy atom. The maximum absolute atomic E-state index is 12.2. The lowest BCUT2D eigenvalue weighted by atomic mass is 10.2. The molecule has 0 saturated heterocycles. The molecule has 112 valence electrons. The predicted octanol–water partition coefficient (Wildman–Crippen LogP) is 0.670. The van der Waals surface area contributed by atoms with E-state index in [1.807, 2.05) is 0 Å². The molecule has 20 heavy (non-hydrogen) atoms. The summed E-state index contributed by atoms with van der Waals surface area (Å²) >= 11 is 0. The molecule has 0 fully saturated rings. The summed E-state index contributed by atoms with van der Waals surface area (Å²) in [7, 11) is -3.95. The first-order chi connectivity index (χ1) is 9.27. The summed E-state index contributed by atoms with van der Waals surface area (Å²) in [5.74, 6) is -1.35. The first-order valence-electron chi connectivity index (χ1n) is 6.00. The Kier molecular flexibility index (Phi) is 5.49. The van der Waals surface area contributed by atoms with E-state index < -0.39 is 22.0 Å². The normalized spacial score (nSPS) is 13.1. The summed E-state index contributed by atoms with van der Waals surface area (Å²) in [4.78, 5) is 10.8. The van der Waals surface area contributed by atoms with Crippen LogP contribution in [0.15, 0.2) is 23.1 Å². The van der Waals surface area contributed by atoms with Gasteiger partial charge >= 0.3 is 5.97 Å². The van der Waals surface area contributed by atoms with Crippen molar-refractivity contribution in [3.63, 3.8) is 0 Å². The number of nitrogens with two attached hydrogens (primary N) is 1. The number of aromatic carboxylic acids is 1. The van der Waals surface area contributed by atoms with Crippen molar-refractivity contribution in [3.8, 4) is 0 Å². The van der Waals surface area contributed by atoms with Crippen LogP contribution in [0.3, 0.4) is 0 Å². The van der Waals surface area contributed by atoms with E-state index in [0.717, 1.165) is 6.07 Å². The molecular formula is C12H18N2O5S. The predicted molar refractivity (Wildman–Crippen MR) is 74.1 cm³/mol. The molecule has 0 heterocycles. The second-order valence-electron chi connectivity index (χ2n) is 4.24. The minimum Gasteiger partial charge on any atom is -0.478 e. The Balaban J connectivity index is 3.06. The summed E-state index contributed by atoms with van der Waals surface area (Å²) in [6.45, 7) is 4.09. The third-order valence-electron chi connectivity index (χ3n) is 2.45. The van der Waals surface area contributed by atoms with Gasteiger partial charge in [0, 0.05) is 18.3 Å². The fraction of sp³-hybridized carbons (Fsp3) is 0.417. The number of hydrogen-bond acceptors (Lipinski definition) is 5. The molecule has 0 aliphatic heterocycles. The van der Waals surface area contributed by atoms with E-state index >= 15 is 0 Å². The summed E-state index contributed by atoms with van der Waals surface area (Å²) in [5, 5.41) is 9.06. The van der Waals surface area contributed by atoms with Gasteiger partial charge < -0.3 is 15.6 Å². The minimum absolute atomic E-state index is 0.184. The van der Waals surface area contributed by atoms with Gasteiger partial charge in [-0.2, -0.15) is 0 Å². The number of rotatable bonds is 7. The summed E-state index contributed by atoms with van der Waals surface area (Å²) in [6.07, 6.45) is 0. The van der Waals surface area contributed by atoms with Crippen LogP contribution in [-0.2, 0) is 14.8 Å². The van der Waals surface area contributed by atoms with Gasteiger partial charge in [0.15, 0.2) is 0 Å². The van der Waals surface area contributed by atoms with Crippen molar-refractivity contribution in [1.29, 1.82) is 0 Å². The fourth-order valence-corrected chi connectivity index (χ4v) is 3.01. The number of benzene rings is 1. The van der Waals surface area contributed by atoms with Gasteiger partial charge in [-0.15, -0.1) is 0 Å². The zero-order valence-corrected chi connectivity index (χ0v) is 12.1. The van der Waals surface area contributed by atoms with Crippen LogP contribution in [0, 0.1) is 0 Å². The summed E-state index contributed by atoms with van der Waals surface area (Å²) in [5.41, 5.74) is 5.30. The quantitative estimate of drug-likeness (QED) is 0.637. The average molecular weight is 302 g/mol. The van der Waals surface area contributed by atoms with Crippen LogP contribution in [-0.4, -0.2) is 38.7 Å². The highest BCUT2D eigenvalue weighted by atomic mass is 32.2. The Morgan fingerprint density at radius 1 is 1.50 bits per heavy atom. The Hall–Kier alpha value is -1.64. The van der Waals surface area contributed by atoms with Crippen LogP contribution in [0.2, 0.25) is 0 Å². The smallest absolute Gasteiger partial charge is 0.337 e. The highest BCUT2D eigenvalue weighted by Gasteiger charge is 2.24. The molecular weight excluding hydrogens is 284 g/mol. The van der Waals surface area contributed by atoms with Crippen LogP contribution in [0.1, 0.15) is 24.2 Å². The summed E-state index contributed by atoms with van der Waals surface area (Å²) < 4.78 is 31.8. The van der Waals surface area contributed by atoms with Crippen molar-refractivity contribution in [2.45, 2.75) is 24.8 Å². The van der Waals surface area contributed by atoms with Crippen molar-refractivity contribution in [1.82, 2.24) is 4.72 Å². The monoisotopic (exact) mass is 302 g/mol. The zero-order chi connectivity index (χ0) is 15.3. The summed E-state index contributed by atoms with van der Waals surface area (Å²) in [6, 6.07) is 3.16. The second kappa shape index (κ2) is 6.69. The van der Waals surface area contributed by atoms with Crippen molar-refractivity contribution >= 4 is 21.7 Å². The number of sulfonamides is 1. The molecule has 0 aliphatic carbocycles. The molecule has 0 amide bonds. The van der Waals surface area contributed by atoms with E-state index in [2.05, 4.69) is 4.72 Å². The van der Waals surface area contributed by atoms with E-state index in [-0.39, 0.29) is 22.8 Å². The van der Waals surface area contributed by atoms with Gasteiger partial charge in [0.25, 0.3) is 0 Å². The molecule has 0 spiro atoms. The van der Waals surface area contributed by atoms with Crippen molar-refractivity contribution in [3.05, 3.63) is 23.8 Å². The molecule has 1 aromatic rings. The van der Waals surface area contributed by atoms with Gasteiger partial charge in [0.05, 0.1) is 17.1 Å². The molecule has 1 aromatic carbocycles. The van der Waals surface area contributed by atoms with E-state index in [1.54, 1.807) is 13.8 Å². The Labute approximate surface area is 117 Å². The van der Waals surface area contributed by atoms with Crippen molar-refractivity contribution in [2.75, 3.05) is 18.9 Å². The largest absolute Gasteiger partial charge is 0.478 e. The lowest BCUT2D eigenvalue weighted by Crippen LogP contribution is -2.36. The van der Waals surface area contributed by atoms with Crippen LogP contribution in [0.5, 0.6) is 0 Å². The third-order valence-corrected chi connectivity index (χ3v) is 4.10. The first-order valence-corrected chi connectivity index (χ1v) is 7.49. The Bertz CT molecular complexity index is 586. The van der Waals surface area contributed by atoms with E-state index in [9.17, 15) is 13.2 Å². The average Bonchev–Trinajstić information content (AvgIpc) is 2.35. The van der Waals surface area contributed by atoms with Gasteiger partial charge in [-0.25, -0.2) is 17.9 Å². The SMILES string of the molecule is CCOCC(C)NS(=O)(=O)c1ccc(N)cc1C(=O)O. The highest BCUT2D eigenvalue weighted by molar-refractivity contribution is 7.89. The fourth-order valence-electron chi connectivity index (χ4n) is 1.61. The number of carboxylic acid groups (broad SMARTS) is 1. The van der Waals surface area contributed by atoms with E-state index in [4.69, 9.17) is 15.6 Å². The molecule has 0 saturated carbocycles. The van der Waals surface area contributed by atoms with Crippen LogP contribution >= 0.6 is 0 Å². The molecule has 8 heteroatoms. The molecule has 7 nitrogen and oxygen atoms in total. The van der Waals surface area contributed by atoms with E-state index in [1.165, 1.54) is 12.1 Å². The maximum atomic E-state index is 12.2. The molecule has 0 aromatic heterocycles. The van der Waals surface area contributed by atoms with E-state index in [0.29, 0.717) is 6.61 Å². The molecule has 0 radical (unpaired) electrons. The number of nitrogen functional groups attached to an aromatic ring is 1. The molecule has 0 bridgehead atoms. The van der Waals surface area contributed by atoms with Gasteiger partial charge in [-0.1, -0.05) is 0 Å². The number of nitrogens with one attached hydrogen (secondary N) is 1. The maximum Gasteiger partial charge on any atom is 0.337 e. The highest BCUT2D eigenvalue weighted by Crippen LogP contribution is 2.19. The zero-order valence-electron chi connectivity index (χ0n) is 11.3. The number of carbonyl (C=O) groups is 1. The number of hydrogen-bond donors (Lipinski definition) is 3. The van der Waals surface area contributed by atoms with Gasteiger partial charge in [-0.3, -0.25) is 0 Å². The lowest BCUT2D eigenvalue weighted by molar-refractivity contribution is 0.0692. The number of anilines is 1. The van der Waals surface area contributed by atoms with Crippen LogP contribution in [0.25, 0.3) is 0 Å². The first kappa shape index (κ1) is 16.4. The van der Waals surface area contributed by atoms with Gasteiger partial charge in [0.1, 0.15) is 0 Å². The molecule has 1 atom stereocenters. The van der Waals surface area contributed by atoms with Crippen LogP contribution < -0.4 is 10.5 Å². The number of ether oxygens (including phenoxy) is 1. The van der Waals surface area contributed by atoms with Crippen LogP contribution in [0.4, 0.5) is 5.69 Å². The molecule has 4 N–H and O–H groups in total. The number of carboxylic acids is 1. The Morgan fingerprint density at radius 3 is 2.70 bits per heavy atom. The molecule has 0 aliphatic rings. The second-order valence-corrected chi connectivity index (χ2v) is 5.92. The standard InChI is InChI=1S/C12H18N2O5S/c1-3-19-7-8(2)14-20(17,18)11-5-4-9(13)6-10(11)12(15)16/h4-6,8,14H,3,7,13H2,1-2H3,(H,15,16). The molecule has 1 unspecified atom stereocenters. The van der Waals surface area contributed by atoms with Gasteiger partial charge in [-0.05, 0) is 32.0 Å². The van der Waals surface area contributed by atoms with Crippen molar-refractivity contribution in [2.24, 2.45) is 0 Å².